The van der Waals surface area contributed by atoms with E-state index in [0.29, 0.717) is 18.8 Å². The quantitative estimate of drug-likeness (QED) is 0.842. The summed E-state index contributed by atoms with van der Waals surface area (Å²) in [5, 5.41) is 23.8. The highest BCUT2D eigenvalue weighted by molar-refractivity contribution is 5.96. The summed E-state index contributed by atoms with van der Waals surface area (Å²) in [5.41, 5.74) is 0.453. The van der Waals surface area contributed by atoms with E-state index in [2.05, 4.69) is 5.10 Å². The van der Waals surface area contributed by atoms with Crippen LogP contribution in [0.4, 0.5) is 10.5 Å². The number of carbonyl (C=O) groups excluding carboxylic acids is 1. The predicted octanol–water partition coefficient (Wildman–Crippen LogP) is 0.889. The van der Waals surface area contributed by atoms with E-state index in [-0.39, 0.29) is 30.8 Å². The number of hydrogen-bond donors (Lipinski definition) is 2. The summed E-state index contributed by atoms with van der Waals surface area (Å²) in [6, 6.07) is -0.161. The standard InChI is InChI=1S/C15H22N4O4/c1-9-6-19-12(8-17(9)14(21)22)11(5-16-19)18-7-10(4-13(18)20)15(2,3)23/h5,9-10,23H,4,6-8H2,1-3H3,(H,21,22)/t9-,10?/m0/s1. The van der Waals surface area contributed by atoms with Crippen molar-refractivity contribution in [1.82, 2.24) is 14.7 Å². The third-order valence-corrected chi connectivity index (χ3v) is 4.88. The predicted molar refractivity (Wildman–Crippen MR) is 82.0 cm³/mol. The number of fused-ring (bicyclic) bond motifs is 1. The number of carboxylic acid groups (broad SMARTS) is 1. The Balaban J connectivity index is 1.89. The molecule has 2 aliphatic rings. The maximum absolute atomic E-state index is 12.3. The van der Waals surface area contributed by atoms with E-state index in [1.165, 1.54) is 4.90 Å². The van der Waals surface area contributed by atoms with Crippen LogP contribution in [0.15, 0.2) is 6.20 Å². The average molecular weight is 322 g/mol. The van der Waals surface area contributed by atoms with Crippen LogP contribution >= 0.6 is 0 Å². The van der Waals surface area contributed by atoms with Gasteiger partial charge in [0, 0.05) is 18.9 Å². The van der Waals surface area contributed by atoms with Gasteiger partial charge in [-0.25, -0.2) is 4.79 Å². The minimum atomic E-state index is -0.974. The number of anilines is 1. The van der Waals surface area contributed by atoms with E-state index < -0.39 is 11.7 Å². The molecule has 3 heterocycles. The zero-order chi connectivity index (χ0) is 16.9. The molecular weight excluding hydrogens is 300 g/mol. The summed E-state index contributed by atoms with van der Waals surface area (Å²) in [7, 11) is 0. The van der Waals surface area contributed by atoms with E-state index in [0.717, 1.165) is 5.69 Å². The Hall–Kier alpha value is -2.09. The fourth-order valence-corrected chi connectivity index (χ4v) is 3.28. The minimum absolute atomic E-state index is 0.0616. The molecule has 23 heavy (non-hydrogen) atoms. The molecule has 1 unspecified atom stereocenters. The first-order valence-electron chi connectivity index (χ1n) is 7.75. The van der Waals surface area contributed by atoms with Crippen molar-refractivity contribution >= 4 is 17.7 Å². The Morgan fingerprint density at radius 3 is 2.65 bits per heavy atom. The molecule has 1 fully saturated rings. The van der Waals surface area contributed by atoms with Gasteiger partial charge in [-0.15, -0.1) is 0 Å². The van der Waals surface area contributed by atoms with Crippen LogP contribution in [0, 0.1) is 5.92 Å². The Kier molecular flexibility index (Phi) is 3.59. The Morgan fingerprint density at radius 1 is 1.39 bits per heavy atom. The summed E-state index contributed by atoms with van der Waals surface area (Å²) < 4.78 is 1.77. The molecule has 126 valence electrons. The number of amides is 2. The Labute approximate surface area is 134 Å². The number of rotatable bonds is 2. The lowest BCUT2D eigenvalue weighted by Crippen LogP contribution is -2.44. The van der Waals surface area contributed by atoms with Crippen molar-refractivity contribution in [2.45, 2.75) is 51.9 Å². The van der Waals surface area contributed by atoms with Gasteiger partial charge in [-0.05, 0) is 20.8 Å². The van der Waals surface area contributed by atoms with Gasteiger partial charge in [-0.2, -0.15) is 5.10 Å². The molecular formula is C15H22N4O4. The molecule has 3 rings (SSSR count). The van der Waals surface area contributed by atoms with Gasteiger partial charge in [0.05, 0.1) is 42.3 Å². The third-order valence-electron chi connectivity index (χ3n) is 4.88. The second kappa shape index (κ2) is 5.23. The van der Waals surface area contributed by atoms with Crippen molar-refractivity contribution in [1.29, 1.82) is 0 Å². The summed E-state index contributed by atoms with van der Waals surface area (Å²) in [6.45, 7) is 6.35. The van der Waals surface area contributed by atoms with Crippen LogP contribution in [0.1, 0.15) is 32.9 Å². The highest BCUT2D eigenvalue weighted by atomic mass is 16.4. The lowest BCUT2D eigenvalue weighted by Gasteiger charge is -2.33. The van der Waals surface area contributed by atoms with Crippen LogP contribution in [0.25, 0.3) is 0 Å². The van der Waals surface area contributed by atoms with E-state index in [1.807, 2.05) is 6.92 Å². The van der Waals surface area contributed by atoms with Crippen LogP contribution in [0.2, 0.25) is 0 Å². The van der Waals surface area contributed by atoms with Crippen molar-refractivity contribution in [3.05, 3.63) is 11.9 Å². The summed E-state index contributed by atoms with van der Waals surface area (Å²) in [6.07, 6.45) is 0.934. The molecule has 2 amide bonds. The second-order valence-corrected chi connectivity index (χ2v) is 6.98. The maximum atomic E-state index is 12.3. The molecule has 2 aliphatic heterocycles. The highest BCUT2D eigenvalue weighted by Gasteiger charge is 2.41. The van der Waals surface area contributed by atoms with E-state index in [1.54, 1.807) is 29.6 Å². The number of aliphatic hydroxyl groups is 1. The van der Waals surface area contributed by atoms with E-state index >= 15 is 0 Å². The van der Waals surface area contributed by atoms with Crippen molar-refractivity contribution in [2.75, 3.05) is 11.4 Å². The van der Waals surface area contributed by atoms with E-state index in [4.69, 9.17) is 0 Å². The SMILES string of the molecule is C[C@H]1Cn2ncc(N3CC(C(C)(C)O)CC3=O)c2CN1C(=O)O. The van der Waals surface area contributed by atoms with Crippen molar-refractivity contribution in [3.8, 4) is 0 Å². The number of nitrogens with zero attached hydrogens (tertiary/aromatic N) is 4. The fraction of sp³-hybridized carbons (Fsp3) is 0.667. The highest BCUT2D eigenvalue weighted by Crippen LogP contribution is 2.34. The molecule has 1 aromatic rings. The molecule has 1 aromatic heterocycles. The molecule has 0 bridgehead atoms. The van der Waals surface area contributed by atoms with Crippen LogP contribution in [-0.4, -0.2) is 55.1 Å². The zero-order valence-electron chi connectivity index (χ0n) is 13.6. The topological polar surface area (TPSA) is 98.9 Å². The van der Waals surface area contributed by atoms with Gasteiger partial charge in [0.25, 0.3) is 0 Å². The van der Waals surface area contributed by atoms with Crippen molar-refractivity contribution < 1.29 is 19.8 Å². The second-order valence-electron chi connectivity index (χ2n) is 6.98. The minimum Gasteiger partial charge on any atom is -0.465 e. The first-order valence-corrected chi connectivity index (χ1v) is 7.75. The molecule has 0 aliphatic carbocycles. The summed E-state index contributed by atoms with van der Waals surface area (Å²) >= 11 is 0. The first kappa shape index (κ1) is 15.8. The molecule has 8 nitrogen and oxygen atoms in total. The Bertz CT molecular complexity index is 648. The van der Waals surface area contributed by atoms with Gasteiger partial charge in [0.15, 0.2) is 0 Å². The molecule has 1 saturated heterocycles. The molecule has 0 saturated carbocycles. The maximum Gasteiger partial charge on any atom is 0.407 e. The third kappa shape index (κ3) is 2.67. The molecule has 2 N–H and O–H groups in total. The monoisotopic (exact) mass is 322 g/mol. The normalized spacial score (nSPS) is 25.0. The molecule has 2 atom stereocenters. The van der Waals surface area contributed by atoms with Crippen LogP contribution < -0.4 is 4.90 Å². The van der Waals surface area contributed by atoms with Gasteiger partial charge in [-0.1, -0.05) is 0 Å². The smallest absolute Gasteiger partial charge is 0.407 e. The number of aromatic nitrogens is 2. The zero-order valence-corrected chi connectivity index (χ0v) is 13.6. The largest absolute Gasteiger partial charge is 0.465 e. The molecule has 0 spiro atoms. The number of carbonyl (C=O) groups is 2. The lowest BCUT2D eigenvalue weighted by atomic mass is 9.90. The van der Waals surface area contributed by atoms with Gasteiger partial charge < -0.3 is 15.1 Å². The average Bonchev–Trinajstić information content (AvgIpc) is 2.99. The summed E-state index contributed by atoms with van der Waals surface area (Å²) in [4.78, 5) is 26.7. The van der Waals surface area contributed by atoms with Crippen LogP contribution in [0.3, 0.4) is 0 Å². The molecule has 8 heteroatoms. The van der Waals surface area contributed by atoms with Gasteiger partial charge in [-0.3, -0.25) is 14.4 Å². The molecule has 0 aromatic carbocycles. The Morgan fingerprint density at radius 2 is 2.09 bits per heavy atom. The fourth-order valence-electron chi connectivity index (χ4n) is 3.28. The summed E-state index contributed by atoms with van der Waals surface area (Å²) in [5.74, 6) is -0.211. The number of hydrogen-bond acceptors (Lipinski definition) is 4. The van der Waals surface area contributed by atoms with Crippen LogP contribution in [-0.2, 0) is 17.9 Å². The van der Waals surface area contributed by atoms with Crippen LogP contribution in [0.5, 0.6) is 0 Å². The molecule has 0 radical (unpaired) electrons. The van der Waals surface area contributed by atoms with Crippen molar-refractivity contribution in [3.63, 3.8) is 0 Å². The van der Waals surface area contributed by atoms with Gasteiger partial charge in [0.2, 0.25) is 5.91 Å². The van der Waals surface area contributed by atoms with Gasteiger partial charge >= 0.3 is 6.09 Å². The van der Waals surface area contributed by atoms with E-state index in [9.17, 15) is 19.8 Å². The first-order chi connectivity index (χ1) is 10.7. The van der Waals surface area contributed by atoms with Crippen molar-refractivity contribution in [2.24, 2.45) is 5.92 Å². The van der Waals surface area contributed by atoms with Gasteiger partial charge in [0.1, 0.15) is 0 Å². The lowest BCUT2D eigenvalue weighted by molar-refractivity contribution is -0.118.